The molecule has 21 heavy (non-hydrogen) atoms. The van der Waals surface area contributed by atoms with Crippen LogP contribution in [0.1, 0.15) is 20.8 Å². The molecular formula is C14H19NO6. The number of hydrogen-bond donors (Lipinski definition) is 2. The molecule has 0 aromatic heterocycles. The number of ether oxygens (including phenoxy) is 3. The summed E-state index contributed by atoms with van der Waals surface area (Å²) in [5.41, 5.74) is -0.151. The van der Waals surface area contributed by atoms with E-state index < -0.39 is 24.3 Å². The number of carbonyl (C=O) groups is 2. The van der Waals surface area contributed by atoms with E-state index in [-0.39, 0.29) is 5.75 Å². The zero-order chi connectivity index (χ0) is 16.0. The van der Waals surface area contributed by atoms with Crippen molar-refractivity contribution in [3.05, 3.63) is 18.2 Å². The van der Waals surface area contributed by atoms with Gasteiger partial charge in [-0.2, -0.15) is 0 Å². The Hall–Kier alpha value is -2.44. The highest BCUT2D eigenvalue weighted by molar-refractivity contribution is 5.85. The van der Waals surface area contributed by atoms with Gasteiger partial charge in [0.1, 0.15) is 5.60 Å². The van der Waals surface area contributed by atoms with Crippen molar-refractivity contribution in [1.29, 1.82) is 0 Å². The fourth-order valence-corrected chi connectivity index (χ4v) is 1.43. The van der Waals surface area contributed by atoms with Gasteiger partial charge in [-0.25, -0.2) is 9.59 Å². The van der Waals surface area contributed by atoms with Gasteiger partial charge in [-0.1, -0.05) is 0 Å². The van der Waals surface area contributed by atoms with Crippen LogP contribution in [-0.2, 0) is 9.53 Å². The first-order valence-electron chi connectivity index (χ1n) is 6.24. The summed E-state index contributed by atoms with van der Waals surface area (Å²) in [6.45, 7) is 4.80. The van der Waals surface area contributed by atoms with Crippen LogP contribution < -0.4 is 14.8 Å². The lowest BCUT2D eigenvalue weighted by atomic mass is 10.2. The molecule has 0 saturated heterocycles. The first kappa shape index (κ1) is 16.6. The van der Waals surface area contributed by atoms with E-state index in [0.29, 0.717) is 11.4 Å². The number of methoxy groups -OCH3 is 1. The van der Waals surface area contributed by atoms with Crippen LogP contribution in [-0.4, -0.2) is 36.5 Å². The van der Waals surface area contributed by atoms with Crippen LogP contribution in [0.25, 0.3) is 0 Å². The zero-order valence-electron chi connectivity index (χ0n) is 12.4. The molecule has 0 atom stereocenters. The van der Waals surface area contributed by atoms with Gasteiger partial charge < -0.3 is 19.3 Å². The van der Waals surface area contributed by atoms with E-state index in [9.17, 15) is 9.59 Å². The number of nitrogens with one attached hydrogen (secondary N) is 1. The van der Waals surface area contributed by atoms with E-state index in [1.54, 1.807) is 26.8 Å². The van der Waals surface area contributed by atoms with Gasteiger partial charge in [-0.05, 0) is 32.9 Å². The average molecular weight is 297 g/mol. The summed E-state index contributed by atoms with van der Waals surface area (Å²) in [5, 5.41) is 11.1. The minimum atomic E-state index is -1.09. The summed E-state index contributed by atoms with van der Waals surface area (Å²) >= 11 is 0. The number of benzene rings is 1. The number of carboxylic acids is 1. The Morgan fingerprint density at radius 2 is 1.90 bits per heavy atom. The molecule has 1 rings (SSSR count). The maximum absolute atomic E-state index is 11.6. The second kappa shape index (κ2) is 6.83. The maximum Gasteiger partial charge on any atom is 0.412 e. The molecule has 7 nitrogen and oxygen atoms in total. The third-order valence-corrected chi connectivity index (χ3v) is 2.16. The van der Waals surface area contributed by atoms with Crippen molar-refractivity contribution in [1.82, 2.24) is 0 Å². The Bertz CT molecular complexity index is 521. The number of carboxylic acid groups (broad SMARTS) is 1. The van der Waals surface area contributed by atoms with Crippen molar-refractivity contribution in [3.8, 4) is 11.5 Å². The topological polar surface area (TPSA) is 94.1 Å². The van der Waals surface area contributed by atoms with E-state index in [1.807, 2.05) is 0 Å². The Balaban J connectivity index is 2.77. The molecule has 0 spiro atoms. The van der Waals surface area contributed by atoms with Gasteiger partial charge in [0, 0.05) is 11.8 Å². The first-order valence-corrected chi connectivity index (χ1v) is 6.24. The Kier molecular flexibility index (Phi) is 5.40. The Morgan fingerprint density at radius 1 is 1.24 bits per heavy atom. The molecule has 1 amide bonds. The molecule has 0 bridgehead atoms. The van der Waals surface area contributed by atoms with Crippen LogP contribution in [0.5, 0.6) is 11.5 Å². The molecular weight excluding hydrogens is 278 g/mol. The largest absolute Gasteiger partial charge is 0.493 e. The predicted molar refractivity (Wildman–Crippen MR) is 76.0 cm³/mol. The molecule has 7 heteroatoms. The van der Waals surface area contributed by atoms with Gasteiger partial charge in [0.05, 0.1) is 7.11 Å². The highest BCUT2D eigenvalue weighted by Crippen LogP contribution is 2.30. The van der Waals surface area contributed by atoms with Gasteiger partial charge in [-0.3, -0.25) is 5.32 Å². The van der Waals surface area contributed by atoms with Crippen LogP contribution in [0.15, 0.2) is 18.2 Å². The molecule has 2 N–H and O–H groups in total. The molecule has 116 valence electrons. The van der Waals surface area contributed by atoms with Gasteiger partial charge in [0.2, 0.25) is 0 Å². The lowest BCUT2D eigenvalue weighted by molar-refractivity contribution is -0.139. The number of anilines is 1. The molecule has 0 saturated carbocycles. The van der Waals surface area contributed by atoms with Gasteiger partial charge in [-0.15, -0.1) is 0 Å². The molecule has 0 aliphatic rings. The number of rotatable bonds is 5. The molecule has 0 aliphatic carbocycles. The van der Waals surface area contributed by atoms with Crippen molar-refractivity contribution in [2.75, 3.05) is 19.0 Å². The number of aliphatic carboxylic acids is 1. The highest BCUT2D eigenvalue weighted by Gasteiger charge is 2.17. The second-order valence-corrected chi connectivity index (χ2v) is 5.17. The summed E-state index contributed by atoms with van der Waals surface area (Å²) in [6, 6.07) is 4.58. The van der Waals surface area contributed by atoms with Gasteiger partial charge in [0.15, 0.2) is 18.1 Å². The zero-order valence-corrected chi connectivity index (χ0v) is 12.4. The predicted octanol–water partition coefficient (Wildman–Crippen LogP) is 2.51. The molecule has 0 aliphatic heterocycles. The number of amides is 1. The van der Waals surface area contributed by atoms with E-state index in [4.69, 9.17) is 19.3 Å². The van der Waals surface area contributed by atoms with E-state index in [0.717, 1.165) is 0 Å². The normalized spacial score (nSPS) is 10.7. The molecule has 1 aromatic rings. The van der Waals surface area contributed by atoms with Crippen molar-refractivity contribution >= 4 is 17.7 Å². The lowest BCUT2D eigenvalue weighted by Gasteiger charge is -2.20. The minimum Gasteiger partial charge on any atom is -0.493 e. The van der Waals surface area contributed by atoms with E-state index in [1.165, 1.54) is 19.2 Å². The molecule has 1 aromatic carbocycles. The Morgan fingerprint density at radius 3 is 2.43 bits per heavy atom. The summed E-state index contributed by atoms with van der Waals surface area (Å²) in [6.07, 6.45) is -0.594. The second-order valence-electron chi connectivity index (χ2n) is 5.17. The van der Waals surface area contributed by atoms with Crippen molar-refractivity contribution in [2.45, 2.75) is 26.4 Å². The fourth-order valence-electron chi connectivity index (χ4n) is 1.43. The van der Waals surface area contributed by atoms with Crippen LogP contribution in [0, 0.1) is 0 Å². The molecule has 0 heterocycles. The summed E-state index contributed by atoms with van der Waals surface area (Å²) in [7, 11) is 1.42. The van der Waals surface area contributed by atoms with Crippen LogP contribution >= 0.6 is 0 Å². The van der Waals surface area contributed by atoms with Gasteiger partial charge in [0.25, 0.3) is 0 Å². The van der Waals surface area contributed by atoms with Gasteiger partial charge >= 0.3 is 12.1 Å². The summed E-state index contributed by atoms with van der Waals surface area (Å²) in [5.74, 6) is -0.507. The molecule has 0 unspecified atom stereocenters. The lowest BCUT2D eigenvalue weighted by Crippen LogP contribution is -2.27. The van der Waals surface area contributed by atoms with Crippen LogP contribution in [0.4, 0.5) is 10.5 Å². The monoisotopic (exact) mass is 297 g/mol. The molecule has 0 radical (unpaired) electrons. The van der Waals surface area contributed by atoms with Crippen molar-refractivity contribution < 1.29 is 28.9 Å². The van der Waals surface area contributed by atoms with E-state index >= 15 is 0 Å². The average Bonchev–Trinajstić information content (AvgIpc) is 2.34. The van der Waals surface area contributed by atoms with Crippen LogP contribution in [0.3, 0.4) is 0 Å². The summed E-state index contributed by atoms with van der Waals surface area (Å²) < 4.78 is 15.3. The van der Waals surface area contributed by atoms with Crippen molar-refractivity contribution in [3.63, 3.8) is 0 Å². The number of hydrogen-bond acceptors (Lipinski definition) is 5. The third-order valence-electron chi connectivity index (χ3n) is 2.16. The standard InChI is InChI=1S/C14H19NO6/c1-14(2,3)21-13(18)15-9-5-6-10(11(7-9)19-4)20-8-12(16)17/h5-7H,8H2,1-4H3,(H,15,18)(H,16,17). The quantitative estimate of drug-likeness (QED) is 0.867. The number of carbonyl (C=O) groups excluding carboxylic acids is 1. The van der Waals surface area contributed by atoms with Crippen LogP contribution in [0.2, 0.25) is 0 Å². The van der Waals surface area contributed by atoms with E-state index in [2.05, 4.69) is 5.32 Å². The Labute approximate surface area is 122 Å². The first-order chi connectivity index (χ1) is 9.71. The minimum absolute atomic E-state index is 0.273. The maximum atomic E-state index is 11.6. The van der Waals surface area contributed by atoms with Crippen molar-refractivity contribution in [2.24, 2.45) is 0 Å². The smallest absolute Gasteiger partial charge is 0.412 e. The molecule has 0 fully saturated rings. The third kappa shape index (κ3) is 6.03. The fraction of sp³-hybridized carbons (Fsp3) is 0.429. The highest BCUT2D eigenvalue weighted by atomic mass is 16.6. The summed E-state index contributed by atoms with van der Waals surface area (Å²) in [4.78, 5) is 22.1. The SMILES string of the molecule is COc1cc(NC(=O)OC(C)(C)C)ccc1OCC(=O)O.